The lowest BCUT2D eigenvalue weighted by atomic mass is 9.62. The molecule has 2 bridgehead atoms. The van der Waals surface area contributed by atoms with Crippen LogP contribution in [-0.2, 0) is 14.3 Å². The lowest BCUT2D eigenvalue weighted by Gasteiger charge is -2.44. The Morgan fingerprint density at radius 2 is 1.37 bits per heavy atom. The molecule has 0 fully saturated rings. The predicted molar refractivity (Wildman–Crippen MR) is 104 cm³/mol. The summed E-state index contributed by atoms with van der Waals surface area (Å²) < 4.78 is 40.5. The number of hydrogen-bond donors (Lipinski definition) is 0. The van der Waals surface area contributed by atoms with Gasteiger partial charge in [-0.25, -0.2) is 0 Å². The van der Waals surface area contributed by atoms with E-state index in [9.17, 15) is 8.42 Å². The van der Waals surface area contributed by atoms with Crippen LogP contribution < -0.4 is 0 Å². The Morgan fingerprint density at radius 1 is 0.852 bits per heavy atom. The maximum absolute atomic E-state index is 13.0. The molecule has 3 aromatic carbocycles. The van der Waals surface area contributed by atoms with Gasteiger partial charge in [-0.15, -0.1) is 0 Å². The molecule has 0 N–H and O–H groups in total. The van der Waals surface area contributed by atoms with Crippen molar-refractivity contribution in [3.05, 3.63) is 101 Å². The maximum atomic E-state index is 13.0. The van der Waals surface area contributed by atoms with Crippen LogP contribution in [0.1, 0.15) is 47.4 Å². The molecule has 2 unspecified atom stereocenters. The lowest BCUT2D eigenvalue weighted by Crippen LogP contribution is -2.38. The van der Waals surface area contributed by atoms with Crippen LogP contribution in [-0.4, -0.2) is 14.5 Å². The summed E-state index contributed by atoms with van der Waals surface area (Å²) in [4.78, 5) is 0.133. The average molecular weight is 377 g/mol. The first-order valence-corrected chi connectivity index (χ1v) is 10.5. The van der Waals surface area contributed by atoms with E-state index in [0.29, 0.717) is 0 Å². The summed E-state index contributed by atoms with van der Waals surface area (Å²) in [5, 5.41) is 0. The molecule has 0 saturated carbocycles. The topological polar surface area (TPSA) is 43.4 Å². The Balaban J connectivity index is 1.61. The fourth-order valence-electron chi connectivity index (χ4n) is 4.35. The normalized spacial score (nSPS) is 26.2. The van der Waals surface area contributed by atoms with Crippen LogP contribution in [0.15, 0.2) is 77.7 Å². The third-order valence-corrected chi connectivity index (χ3v) is 6.92. The zero-order chi connectivity index (χ0) is 19.5. The van der Waals surface area contributed by atoms with Crippen LogP contribution in [0.3, 0.4) is 0 Å². The number of hydrogen-bond acceptors (Lipinski definition) is 3. The summed E-state index contributed by atoms with van der Waals surface area (Å²) in [6.07, 6.45) is -1.43. The van der Waals surface area contributed by atoms with Crippen molar-refractivity contribution in [3.63, 3.8) is 0 Å². The number of rotatable bonds is 3. The molecule has 136 valence electrons. The quantitative estimate of drug-likeness (QED) is 0.619. The van der Waals surface area contributed by atoms with E-state index >= 15 is 0 Å². The van der Waals surface area contributed by atoms with E-state index in [4.69, 9.17) is 5.55 Å². The van der Waals surface area contributed by atoms with Crippen LogP contribution in [0.2, 0.25) is 0 Å². The van der Waals surface area contributed by atoms with Gasteiger partial charge in [0.25, 0.3) is 10.1 Å². The minimum Gasteiger partial charge on any atom is -0.262 e. The number of benzene rings is 3. The highest BCUT2D eigenvalue weighted by Gasteiger charge is 2.45. The van der Waals surface area contributed by atoms with Gasteiger partial charge in [-0.1, -0.05) is 66.2 Å². The first kappa shape index (κ1) is 15.6. The van der Waals surface area contributed by atoms with E-state index in [1.165, 1.54) is 0 Å². The Bertz CT molecular complexity index is 1110. The lowest BCUT2D eigenvalue weighted by molar-refractivity contribution is 0.156. The maximum Gasteiger partial charge on any atom is 0.297 e. The zero-order valence-corrected chi connectivity index (χ0v) is 15.7. The van der Waals surface area contributed by atoms with Gasteiger partial charge in [0.2, 0.25) is 0 Å². The van der Waals surface area contributed by atoms with Crippen molar-refractivity contribution in [1.29, 1.82) is 0 Å². The van der Waals surface area contributed by atoms with E-state index in [-0.39, 0.29) is 16.7 Å². The molecule has 0 aliphatic heterocycles. The summed E-state index contributed by atoms with van der Waals surface area (Å²) >= 11 is 0. The summed E-state index contributed by atoms with van der Waals surface area (Å²) in [5.41, 5.74) is 5.34. The first-order chi connectivity index (χ1) is 13.5. The fraction of sp³-hybridized carbons (Fsp3) is 0.217. The molecule has 3 nitrogen and oxygen atoms in total. The van der Waals surface area contributed by atoms with Crippen LogP contribution in [0.25, 0.3) is 0 Å². The highest BCUT2D eigenvalue weighted by atomic mass is 32.2. The largest absolute Gasteiger partial charge is 0.297 e. The van der Waals surface area contributed by atoms with Crippen LogP contribution in [0.4, 0.5) is 0 Å². The molecule has 3 aromatic rings. The molecular formula is C23H20O3S. The molecule has 3 aliphatic carbocycles. The molecule has 6 rings (SSSR count). The monoisotopic (exact) mass is 377 g/mol. The Morgan fingerprint density at radius 3 is 1.93 bits per heavy atom. The smallest absolute Gasteiger partial charge is 0.262 e. The van der Waals surface area contributed by atoms with E-state index in [2.05, 4.69) is 12.1 Å². The molecular weight excluding hydrogens is 356 g/mol. The van der Waals surface area contributed by atoms with E-state index in [1.807, 2.05) is 43.3 Å². The van der Waals surface area contributed by atoms with Crippen molar-refractivity contribution < 1.29 is 14.0 Å². The van der Waals surface area contributed by atoms with Crippen molar-refractivity contribution in [3.8, 4) is 0 Å². The van der Waals surface area contributed by atoms with Crippen molar-refractivity contribution in [2.75, 3.05) is 0 Å². The molecule has 0 aromatic heterocycles. The van der Waals surface area contributed by atoms with Crippen molar-refractivity contribution in [2.24, 2.45) is 0 Å². The van der Waals surface area contributed by atoms with Crippen LogP contribution >= 0.6 is 0 Å². The Hall–Kier alpha value is -2.43. The Kier molecular flexibility index (Phi) is 3.49. The summed E-state index contributed by atoms with van der Waals surface area (Å²) in [5.74, 6) is -0.448. The van der Waals surface area contributed by atoms with Gasteiger partial charge in [-0.2, -0.15) is 8.42 Å². The Labute approximate surface area is 161 Å². The molecule has 0 heterocycles. The average Bonchev–Trinajstić information content (AvgIpc) is 2.70. The highest BCUT2D eigenvalue weighted by molar-refractivity contribution is 7.86. The number of aryl methyl sites for hydroxylation is 1. The third kappa shape index (κ3) is 2.63. The molecule has 4 heteroatoms. The second kappa shape index (κ2) is 6.04. The third-order valence-electron chi connectivity index (χ3n) is 5.59. The van der Waals surface area contributed by atoms with Gasteiger partial charge in [0.05, 0.1) is 11.0 Å². The molecule has 2 atom stereocenters. The van der Waals surface area contributed by atoms with Gasteiger partial charge in [0.1, 0.15) is 0 Å². The summed E-state index contributed by atoms with van der Waals surface area (Å²) in [6, 6.07) is 22.7. The SMILES string of the molecule is [2H]C1C2c3ccccc3C(c3ccccc32)C1OS(=O)(=O)c1ccc(C)cc1. The molecule has 0 amide bonds. The van der Waals surface area contributed by atoms with Gasteiger partial charge in [-0.05, 0) is 47.7 Å². The van der Waals surface area contributed by atoms with Gasteiger partial charge < -0.3 is 0 Å². The second-order valence-electron chi connectivity index (χ2n) is 7.23. The van der Waals surface area contributed by atoms with E-state index in [0.717, 1.165) is 27.8 Å². The van der Waals surface area contributed by atoms with E-state index in [1.54, 1.807) is 24.3 Å². The number of fused-ring (bicyclic) bond motifs is 1. The van der Waals surface area contributed by atoms with Crippen LogP contribution in [0, 0.1) is 6.92 Å². The standard InChI is InChI=1S/C23H20O3S/c1-15-10-12-16(13-11-15)27(24,25)26-22-14-21-17-6-2-4-8-19(17)23(22)20-9-5-3-7-18(20)21/h2-13,21-23H,14H2,1H3/i14D. The van der Waals surface area contributed by atoms with Gasteiger partial charge in [-0.3, -0.25) is 4.18 Å². The van der Waals surface area contributed by atoms with E-state index < -0.39 is 22.6 Å². The fourth-order valence-corrected chi connectivity index (χ4v) is 5.39. The van der Waals surface area contributed by atoms with Gasteiger partial charge >= 0.3 is 0 Å². The van der Waals surface area contributed by atoms with Crippen LogP contribution in [0.5, 0.6) is 0 Å². The molecule has 0 saturated heterocycles. The van der Waals surface area contributed by atoms with Gasteiger partial charge in [0, 0.05) is 13.2 Å². The zero-order valence-electron chi connectivity index (χ0n) is 15.9. The molecule has 3 aliphatic rings. The predicted octanol–water partition coefficient (Wildman–Crippen LogP) is 4.75. The first-order valence-electron chi connectivity index (χ1n) is 9.65. The van der Waals surface area contributed by atoms with Crippen molar-refractivity contribution >= 4 is 10.1 Å². The molecule has 0 spiro atoms. The highest BCUT2D eigenvalue weighted by Crippen LogP contribution is 2.53. The summed E-state index contributed by atoms with van der Waals surface area (Å²) in [6.45, 7) is 1.91. The minimum absolute atomic E-state index is 0.133. The van der Waals surface area contributed by atoms with Gasteiger partial charge in [0.15, 0.2) is 0 Å². The molecule has 0 radical (unpaired) electrons. The summed E-state index contributed by atoms with van der Waals surface area (Å²) in [7, 11) is -3.96. The molecule has 27 heavy (non-hydrogen) atoms. The van der Waals surface area contributed by atoms with Crippen molar-refractivity contribution in [2.45, 2.75) is 36.2 Å². The minimum atomic E-state index is -3.96. The second-order valence-corrected chi connectivity index (χ2v) is 8.81. The van der Waals surface area contributed by atoms with Crippen molar-refractivity contribution in [1.82, 2.24) is 0 Å².